The molecule has 1 aliphatic carbocycles. The third-order valence-corrected chi connectivity index (χ3v) is 2.61. The Hall–Kier alpha value is -1.03. The van der Waals surface area contributed by atoms with Crippen molar-refractivity contribution in [2.24, 2.45) is 12.8 Å². The normalized spacial score (nSPS) is 18.9. The Balaban J connectivity index is 1.98. The van der Waals surface area contributed by atoms with Crippen LogP contribution < -0.4 is 11.5 Å². The number of nitrogens with two attached hydrogens (primary N) is 1. The fourth-order valence-corrected chi connectivity index (χ4v) is 1.38. The van der Waals surface area contributed by atoms with E-state index in [0.717, 1.165) is 31.4 Å². The number of nitrogens with zero attached hydrogens (tertiary/aromatic N) is 1. The zero-order valence-electron chi connectivity index (χ0n) is 7.75. The van der Waals surface area contributed by atoms with Crippen LogP contribution in [0.5, 0.6) is 0 Å². The lowest BCUT2D eigenvalue weighted by Crippen LogP contribution is -2.21. The van der Waals surface area contributed by atoms with Crippen molar-refractivity contribution in [2.75, 3.05) is 0 Å². The van der Waals surface area contributed by atoms with Gasteiger partial charge >= 0.3 is 5.76 Å². The Bertz CT molecular complexity index is 360. The minimum atomic E-state index is -0.295. The van der Waals surface area contributed by atoms with Crippen molar-refractivity contribution >= 4 is 0 Å². The van der Waals surface area contributed by atoms with Crippen LogP contribution in [0.4, 0.5) is 0 Å². The lowest BCUT2D eigenvalue weighted by Gasteiger charge is -2.04. The van der Waals surface area contributed by atoms with Crippen molar-refractivity contribution in [3.05, 3.63) is 22.5 Å². The average molecular weight is 182 g/mol. The number of hydrogen-bond acceptors (Lipinski definition) is 3. The van der Waals surface area contributed by atoms with E-state index < -0.39 is 0 Å². The Morgan fingerprint density at radius 2 is 2.38 bits per heavy atom. The molecule has 0 atom stereocenters. The number of rotatable bonds is 3. The van der Waals surface area contributed by atoms with Gasteiger partial charge in [0.2, 0.25) is 0 Å². The van der Waals surface area contributed by atoms with Crippen molar-refractivity contribution in [1.29, 1.82) is 0 Å². The molecule has 0 radical (unpaired) electrons. The van der Waals surface area contributed by atoms with Crippen LogP contribution in [0.3, 0.4) is 0 Å². The summed E-state index contributed by atoms with van der Waals surface area (Å²) < 4.78 is 6.44. The van der Waals surface area contributed by atoms with E-state index in [1.54, 1.807) is 13.2 Å². The first-order chi connectivity index (χ1) is 6.09. The predicted octanol–water partition coefficient (Wildman–Crippen LogP) is 0.402. The highest BCUT2D eigenvalue weighted by Gasteiger charge is 2.37. The number of aryl methyl sites for hydroxylation is 2. The van der Waals surface area contributed by atoms with Gasteiger partial charge in [0.05, 0.1) is 0 Å². The largest absolute Gasteiger partial charge is 0.418 e. The minimum Gasteiger partial charge on any atom is -0.413 e. The molecule has 0 amide bonds. The van der Waals surface area contributed by atoms with E-state index >= 15 is 0 Å². The summed E-state index contributed by atoms with van der Waals surface area (Å²) in [6.07, 6.45) is 5.62. The molecule has 1 heterocycles. The molecule has 1 saturated carbocycles. The molecule has 1 aromatic heterocycles. The SMILES string of the molecule is Cn1cc(CCC2(N)CC2)oc1=O. The van der Waals surface area contributed by atoms with E-state index in [1.165, 1.54) is 4.57 Å². The van der Waals surface area contributed by atoms with E-state index in [-0.39, 0.29) is 11.3 Å². The zero-order chi connectivity index (χ0) is 9.47. The van der Waals surface area contributed by atoms with E-state index in [0.29, 0.717) is 0 Å². The van der Waals surface area contributed by atoms with Crippen molar-refractivity contribution in [1.82, 2.24) is 4.57 Å². The summed E-state index contributed by atoms with van der Waals surface area (Å²) in [5, 5.41) is 0. The predicted molar refractivity (Wildman–Crippen MR) is 48.4 cm³/mol. The monoisotopic (exact) mass is 182 g/mol. The fraction of sp³-hybridized carbons (Fsp3) is 0.667. The van der Waals surface area contributed by atoms with Crippen molar-refractivity contribution in [3.8, 4) is 0 Å². The molecule has 0 aliphatic heterocycles. The number of oxazole rings is 1. The van der Waals surface area contributed by atoms with Gasteiger partial charge in [-0.05, 0) is 19.3 Å². The van der Waals surface area contributed by atoms with Gasteiger partial charge in [0.25, 0.3) is 0 Å². The Labute approximate surface area is 76.3 Å². The minimum absolute atomic E-state index is 0.0361. The van der Waals surface area contributed by atoms with Crippen molar-refractivity contribution in [3.63, 3.8) is 0 Å². The van der Waals surface area contributed by atoms with E-state index in [4.69, 9.17) is 10.2 Å². The third-order valence-electron chi connectivity index (χ3n) is 2.61. The highest BCUT2D eigenvalue weighted by Crippen LogP contribution is 2.36. The maximum absolute atomic E-state index is 10.9. The highest BCUT2D eigenvalue weighted by molar-refractivity contribution is 5.02. The molecule has 2 rings (SSSR count). The molecule has 0 aromatic carbocycles. The summed E-state index contributed by atoms with van der Waals surface area (Å²) in [4.78, 5) is 10.9. The lowest BCUT2D eigenvalue weighted by atomic mass is 10.1. The van der Waals surface area contributed by atoms with Gasteiger partial charge in [-0.15, -0.1) is 0 Å². The first-order valence-electron chi connectivity index (χ1n) is 4.53. The second-order valence-electron chi connectivity index (χ2n) is 3.94. The summed E-state index contributed by atoms with van der Waals surface area (Å²) >= 11 is 0. The number of hydrogen-bond donors (Lipinski definition) is 1. The quantitative estimate of drug-likeness (QED) is 0.736. The van der Waals surface area contributed by atoms with Gasteiger partial charge in [0.15, 0.2) is 0 Å². The van der Waals surface area contributed by atoms with Gasteiger partial charge in [-0.25, -0.2) is 4.79 Å². The van der Waals surface area contributed by atoms with Crippen LogP contribution in [0.15, 0.2) is 15.4 Å². The Morgan fingerprint density at radius 1 is 1.69 bits per heavy atom. The maximum atomic E-state index is 10.9. The standard InChI is InChI=1S/C9H14N2O2/c1-11-6-7(13-8(11)12)2-3-9(10)4-5-9/h6H,2-5,10H2,1H3. The summed E-state index contributed by atoms with van der Waals surface area (Å²) in [6, 6.07) is 0. The van der Waals surface area contributed by atoms with Crippen molar-refractivity contribution < 1.29 is 4.42 Å². The zero-order valence-corrected chi connectivity index (χ0v) is 7.75. The topological polar surface area (TPSA) is 61.2 Å². The van der Waals surface area contributed by atoms with Crippen molar-refractivity contribution in [2.45, 2.75) is 31.2 Å². The van der Waals surface area contributed by atoms with Gasteiger partial charge < -0.3 is 10.2 Å². The maximum Gasteiger partial charge on any atom is 0.418 e. The van der Waals surface area contributed by atoms with Crippen LogP contribution in [0, 0.1) is 0 Å². The van der Waals surface area contributed by atoms with Crippen LogP contribution in [0.1, 0.15) is 25.0 Å². The fourth-order valence-electron chi connectivity index (χ4n) is 1.38. The van der Waals surface area contributed by atoms with Gasteiger partial charge in [0.1, 0.15) is 5.76 Å². The molecule has 0 spiro atoms. The van der Waals surface area contributed by atoms with Gasteiger partial charge in [-0.2, -0.15) is 0 Å². The molecule has 1 aromatic rings. The van der Waals surface area contributed by atoms with Gasteiger partial charge in [-0.3, -0.25) is 4.57 Å². The molecule has 4 heteroatoms. The molecule has 2 N–H and O–H groups in total. The van der Waals surface area contributed by atoms with Crippen LogP contribution in [-0.4, -0.2) is 10.1 Å². The van der Waals surface area contributed by atoms with Crippen LogP contribution in [-0.2, 0) is 13.5 Å². The molecule has 4 nitrogen and oxygen atoms in total. The van der Waals surface area contributed by atoms with Crippen LogP contribution in [0.2, 0.25) is 0 Å². The Morgan fingerprint density at radius 3 is 2.85 bits per heavy atom. The van der Waals surface area contributed by atoms with Crippen LogP contribution >= 0.6 is 0 Å². The smallest absolute Gasteiger partial charge is 0.413 e. The molecule has 72 valence electrons. The lowest BCUT2D eigenvalue weighted by molar-refractivity contribution is 0.440. The molecule has 1 fully saturated rings. The molecule has 0 bridgehead atoms. The second kappa shape index (κ2) is 2.73. The molecule has 0 unspecified atom stereocenters. The first kappa shape index (κ1) is 8.56. The van der Waals surface area contributed by atoms with E-state index in [9.17, 15) is 4.79 Å². The summed E-state index contributed by atoms with van der Waals surface area (Å²) in [7, 11) is 1.69. The van der Waals surface area contributed by atoms with E-state index in [2.05, 4.69) is 0 Å². The van der Waals surface area contributed by atoms with E-state index in [1.807, 2.05) is 0 Å². The van der Waals surface area contributed by atoms with Crippen LogP contribution in [0.25, 0.3) is 0 Å². The molecule has 0 saturated heterocycles. The summed E-state index contributed by atoms with van der Waals surface area (Å²) in [5.41, 5.74) is 5.95. The number of aromatic nitrogens is 1. The third kappa shape index (κ3) is 1.83. The van der Waals surface area contributed by atoms with Gasteiger partial charge in [-0.1, -0.05) is 0 Å². The molecular weight excluding hydrogens is 168 g/mol. The molecule has 13 heavy (non-hydrogen) atoms. The first-order valence-corrected chi connectivity index (χ1v) is 4.53. The second-order valence-corrected chi connectivity index (χ2v) is 3.94. The average Bonchev–Trinajstić information content (AvgIpc) is 2.72. The summed E-state index contributed by atoms with van der Waals surface area (Å²) in [5.74, 6) is 0.445. The van der Waals surface area contributed by atoms with Gasteiger partial charge in [0, 0.05) is 25.2 Å². The molecule has 1 aliphatic rings. The molecular formula is C9H14N2O2. The Kier molecular flexibility index (Phi) is 1.80. The highest BCUT2D eigenvalue weighted by atomic mass is 16.4. The summed E-state index contributed by atoms with van der Waals surface area (Å²) in [6.45, 7) is 0.